The van der Waals surface area contributed by atoms with Crippen LogP contribution in [-0.2, 0) is 14.3 Å². The number of nitrogens with one attached hydrogen (secondary N) is 1. The number of phenols is 1. The summed E-state index contributed by atoms with van der Waals surface area (Å²) in [6, 6.07) is 11.4. The second-order valence-electron chi connectivity index (χ2n) is 6.34. The molecule has 1 aliphatic heterocycles. The highest BCUT2D eigenvalue weighted by Gasteiger charge is 2.21. The summed E-state index contributed by atoms with van der Waals surface area (Å²) in [4.78, 5) is 26.7. The van der Waals surface area contributed by atoms with E-state index in [0.29, 0.717) is 18.9 Å². The van der Waals surface area contributed by atoms with Crippen LogP contribution < -0.4 is 10.2 Å². The molecular weight excluding hydrogens is 384 g/mol. The molecule has 1 heterocycles. The lowest BCUT2D eigenvalue weighted by Crippen LogP contribution is -2.36. The Hall–Kier alpha value is -2.77. The van der Waals surface area contributed by atoms with Gasteiger partial charge in [-0.05, 0) is 49.4 Å². The maximum Gasteiger partial charge on any atom is 0.342 e. The molecule has 0 bridgehead atoms. The van der Waals surface area contributed by atoms with Gasteiger partial charge in [0.05, 0.1) is 13.2 Å². The van der Waals surface area contributed by atoms with Crippen LogP contribution in [-0.4, -0.2) is 49.4 Å². The third kappa shape index (κ3) is 4.94. The fourth-order valence-electron chi connectivity index (χ4n) is 2.77. The lowest BCUT2D eigenvalue weighted by Gasteiger charge is -2.28. The molecule has 0 aromatic heterocycles. The molecule has 3 rings (SSSR count). The Labute approximate surface area is 167 Å². The number of esters is 1. The van der Waals surface area contributed by atoms with E-state index in [1.54, 1.807) is 12.1 Å². The van der Waals surface area contributed by atoms with Crippen LogP contribution in [0.2, 0.25) is 5.02 Å². The lowest BCUT2D eigenvalue weighted by atomic mass is 10.2. The summed E-state index contributed by atoms with van der Waals surface area (Å²) in [5.41, 5.74) is 1.55. The number of rotatable bonds is 5. The van der Waals surface area contributed by atoms with Crippen molar-refractivity contribution in [3.63, 3.8) is 0 Å². The third-order valence-electron chi connectivity index (χ3n) is 4.34. The van der Waals surface area contributed by atoms with Gasteiger partial charge in [0.2, 0.25) is 0 Å². The van der Waals surface area contributed by atoms with E-state index in [1.807, 2.05) is 12.1 Å². The topological polar surface area (TPSA) is 88.1 Å². The number of carbonyl (C=O) groups is 2. The van der Waals surface area contributed by atoms with Crippen LogP contribution in [0.15, 0.2) is 42.5 Å². The number of ether oxygens (including phenoxy) is 2. The minimum absolute atomic E-state index is 0.0954. The maximum atomic E-state index is 12.3. The van der Waals surface area contributed by atoms with Gasteiger partial charge in [-0.1, -0.05) is 11.6 Å². The van der Waals surface area contributed by atoms with Crippen LogP contribution in [0.1, 0.15) is 17.3 Å². The van der Waals surface area contributed by atoms with E-state index in [0.717, 1.165) is 18.8 Å². The van der Waals surface area contributed by atoms with Gasteiger partial charge in [-0.25, -0.2) is 4.79 Å². The number of hydrogen-bond acceptors (Lipinski definition) is 6. The van der Waals surface area contributed by atoms with E-state index in [1.165, 1.54) is 25.1 Å². The molecule has 0 radical (unpaired) electrons. The number of hydrogen-bond donors (Lipinski definition) is 2. The van der Waals surface area contributed by atoms with Crippen molar-refractivity contribution in [1.29, 1.82) is 0 Å². The molecule has 2 N–H and O–H groups in total. The summed E-state index contributed by atoms with van der Waals surface area (Å²) in [6.07, 6.45) is -1.05. The minimum atomic E-state index is -1.05. The van der Waals surface area contributed by atoms with E-state index in [9.17, 15) is 14.7 Å². The molecule has 1 saturated heterocycles. The molecule has 0 spiro atoms. The van der Waals surface area contributed by atoms with Crippen molar-refractivity contribution in [1.82, 2.24) is 0 Å². The molecule has 148 valence electrons. The molecule has 2 aromatic carbocycles. The molecule has 1 amide bonds. The fraction of sp³-hybridized carbons (Fsp3) is 0.300. The maximum absolute atomic E-state index is 12.3. The quantitative estimate of drug-likeness (QED) is 0.744. The van der Waals surface area contributed by atoms with Crippen LogP contribution in [0.25, 0.3) is 0 Å². The summed E-state index contributed by atoms with van der Waals surface area (Å²) in [5, 5.41) is 12.7. The van der Waals surface area contributed by atoms with Gasteiger partial charge in [0.15, 0.2) is 6.10 Å². The Morgan fingerprint density at radius 3 is 2.54 bits per heavy atom. The Bertz CT molecular complexity index is 850. The summed E-state index contributed by atoms with van der Waals surface area (Å²) >= 11 is 5.83. The van der Waals surface area contributed by atoms with Gasteiger partial charge in [-0.15, -0.1) is 0 Å². The van der Waals surface area contributed by atoms with Crippen molar-refractivity contribution in [2.75, 3.05) is 36.5 Å². The summed E-state index contributed by atoms with van der Waals surface area (Å²) in [6.45, 7) is 4.51. The zero-order valence-electron chi connectivity index (χ0n) is 15.4. The molecular formula is C20H21ClN2O5. The number of amides is 1. The molecule has 1 atom stereocenters. The zero-order chi connectivity index (χ0) is 20.1. The number of carbonyl (C=O) groups excluding carboxylic acids is 2. The zero-order valence-corrected chi connectivity index (χ0v) is 16.1. The smallest absolute Gasteiger partial charge is 0.342 e. The first-order valence-electron chi connectivity index (χ1n) is 8.87. The predicted molar refractivity (Wildman–Crippen MR) is 106 cm³/mol. The minimum Gasteiger partial charge on any atom is -0.507 e. The summed E-state index contributed by atoms with van der Waals surface area (Å²) in [7, 11) is 0. The third-order valence-corrected chi connectivity index (χ3v) is 4.58. The van der Waals surface area contributed by atoms with Crippen molar-refractivity contribution in [3.05, 3.63) is 53.1 Å². The SMILES string of the molecule is CC(OC(=O)c1cc(Cl)ccc1O)C(=O)Nc1ccc(N2CCOCC2)cc1. The van der Waals surface area contributed by atoms with Crippen molar-refractivity contribution >= 4 is 34.9 Å². The van der Waals surface area contributed by atoms with Crippen molar-refractivity contribution in [2.45, 2.75) is 13.0 Å². The number of aromatic hydroxyl groups is 1. The number of halogens is 1. The van der Waals surface area contributed by atoms with Gasteiger partial charge in [0, 0.05) is 29.5 Å². The molecule has 1 fully saturated rings. The summed E-state index contributed by atoms with van der Waals surface area (Å²) in [5.74, 6) is -1.57. The normalized spacial score (nSPS) is 15.0. The van der Waals surface area contributed by atoms with E-state index >= 15 is 0 Å². The second-order valence-corrected chi connectivity index (χ2v) is 6.78. The Morgan fingerprint density at radius 1 is 1.18 bits per heavy atom. The van der Waals surface area contributed by atoms with Crippen molar-refractivity contribution in [3.8, 4) is 5.75 Å². The first kappa shape index (κ1) is 20.0. The molecule has 1 unspecified atom stereocenters. The molecule has 1 aliphatic rings. The fourth-order valence-corrected chi connectivity index (χ4v) is 2.94. The molecule has 7 nitrogen and oxygen atoms in total. The van der Waals surface area contributed by atoms with E-state index in [4.69, 9.17) is 21.1 Å². The van der Waals surface area contributed by atoms with Crippen LogP contribution in [0.3, 0.4) is 0 Å². The monoisotopic (exact) mass is 404 g/mol. The molecule has 0 aliphatic carbocycles. The average Bonchev–Trinajstić information content (AvgIpc) is 2.71. The predicted octanol–water partition coefficient (Wildman–Crippen LogP) is 3.07. The van der Waals surface area contributed by atoms with Crippen LogP contribution in [0, 0.1) is 0 Å². The lowest BCUT2D eigenvalue weighted by molar-refractivity contribution is -0.123. The highest BCUT2D eigenvalue weighted by molar-refractivity contribution is 6.31. The first-order chi connectivity index (χ1) is 13.4. The molecule has 2 aromatic rings. The standard InChI is InChI=1S/C20H21ClN2O5/c1-13(28-20(26)17-12-14(21)2-7-18(17)24)19(25)22-15-3-5-16(6-4-15)23-8-10-27-11-9-23/h2-7,12-13,24H,8-11H2,1H3,(H,22,25). The van der Waals surface area contributed by atoms with Crippen LogP contribution >= 0.6 is 11.6 Å². The van der Waals surface area contributed by atoms with Crippen LogP contribution in [0.5, 0.6) is 5.75 Å². The second kappa shape index (κ2) is 8.95. The van der Waals surface area contributed by atoms with Gasteiger partial charge >= 0.3 is 5.97 Å². The summed E-state index contributed by atoms with van der Waals surface area (Å²) < 4.78 is 10.5. The number of benzene rings is 2. The van der Waals surface area contributed by atoms with Crippen molar-refractivity contribution in [2.24, 2.45) is 0 Å². The number of anilines is 2. The highest BCUT2D eigenvalue weighted by atomic mass is 35.5. The number of nitrogens with zero attached hydrogens (tertiary/aromatic N) is 1. The van der Waals surface area contributed by atoms with E-state index in [2.05, 4.69) is 10.2 Å². The van der Waals surface area contributed by atoms with Gasteiger partial charge in [-0.2, -0.15) is 0 Å². The van der Waals surface area contributed by atoms with Crippen molar-refractivity contribution < 1.29 is 24.2 Å². The number of morpholine rings is 1. The van der Waals surface area contributed by atoms with E-state index < -0.39 is 18.0 Å². The highest BCUT2D eigenvalue weighted by Crippen LogP contribution is 2.23. The largest absolute Gasteiger partial charge is 0.507 e. The van der Waals surface area contributed by atoms with Gasteiger partial charge in [0.1, 0.15) is 11.3 Å². The molecule has 0 saturated carbocycles. The van der Waals surface area contributed by atoms with Gasteiger partial charge < -0.3 is 24.8 Å². The Morgan fingerprint density at radius 2 is 1.86 bits per heavy atom. The van der Waals surface area contributed by atoms with Gasteiger partial charge in [-0.3, -0.25) is 4.79 Å². The van der Waals surface area contributed by atoms with Gasteiger partial charge in [0.25, 0.3) is 5.91 Å². The first-order valence-corrected chi connectivity index (χ1v) is 9.25. The molecule has 28 heavy (non-hydrogen) atoms. The van der Waals surface area contributed by atoms with E-state index in [-0.39, 0.29) is 16.3 Å². The average molecular weight is 405 g/mol. The number of phenolic OH excluding ortho intramolecular Hbond substituents is 1. The Kier molecular flexibility index (Phi) is 6.38. The Balaban J connectivity index is 1.57. The van der Waals surface area contributed by atoms with Crippen LogP contribution in [0.4, 0.5) is 11.4 Å². The molecule has 8 heteroatoms.